The van der Waals surface area contributed by atoms with Crippen LogP contribution in [0.5, 0.6) is 0 Å². The molecule has 0 unspecified atom stereocenters. The molecule has 0 aliphatic carbocycles. The maximum Gasteiger partial charge on any atom is 0.0714 e. The zero-order valence-electron chi connectivity index (χ0n) is 12.8. The van der Waals surface area contributed by atoms with Gasteiger partial charge in [0.2, 0.25) is 0 Å². The van der Waals surface area contributed by atoms with Crippen LogP contribution in [0.2, 0.25) is 0 Å². The van der Waals surface area contributed by atoms with Gasteiger partial charge in [0.05, 0.1) is 11.9 Å². The Labute approximate surface area is 121 Å². The van der Waals surface area contributed by atoms with Crippen molar-refractivity contribution in [2.45, 2.75) is 53.4 Å². The Balaban J connectivity index is 4.56. The first-order valence-electron chi connectivity index (χ1n) is 7.05. The molecule has 0 saturated heterocycles. The third kappa shape index (κ3) is 8.51. The van der Waals surface area contributed by atoms with Crippen molar-refractivity contribution in [2.75, 3.05) is 0 Å². The Morgan fingerprint density at radius 2 is 1.70 bits per heavy atom. The lowest BCUT2D eigenvalue weighted by atomic mass is 9.95. The molecule has 0 aliphatic rings. The average molecular weight is 280 g/mol. The molecule has 0 N–H and O–H groups in total. The molecule has 4 heteroatoms. The molecule has 0 fully saturated rings. The average Bonchev–Trinajstić information content (AvgIpc) is 2.26. The first kappa shape index (κ1) is 18.4. The Kier molecular flexibility index (Phi) is 8.61. The van der Waals surface area contributed by atoms with E-state index in [0.717, 1.165) is 25.3 Å². The first-order valence-corrected chi connectivity index (χ1v) is 7.05. The molecule has 0 amide bonds. The summed E-state index contributed by atoms with van der Waals surface area (Å²) < 4.78 is 0. The van der Waals surface area contributed by atoms with Crippen molar-refractivity contribution in [3.8, 4) is 0 Å². The monoisotopic (exact) mass is 280 g/mol. The van der Waals surface area contributed by atoms with E-state index < -0.39 is 11.9 Å². The van der Waals surface area contributed by atoms with Gasteiger partial charge in [-0.15, -0.1) is 0 Å². The summed E-state index contributed by atoms with van der Waals surface area (Å²) in [6, 6.07) is 0. The molecule has 0 heterocycles. The summed E-state index contributed by atoms with van der Waals surface area (Å²) in [7, 11) is 0. The fraction of sp³-hybridized carbons (Fsp3) is 0.625. The predicted molar refractivity (Wildman–Crippen MR) is 74.3 cm³/mol. The van der Waals surface area contributed by atoms with Gasteiger partial charge in [0.15, 0.2) is 0 Å². The zero-order valence-corrected chi connectivity index (χ0v) is 12.8. The summed E-state index contributed by atoms with van der Waals surface area (Å²) in [4.78, 5) is 21.5. The summed E-state index contributed by atoms with van der Waals surface area (Å²) in [5, 5.41) is 21.5. The van der Waals surface area contributed by atoms with Crippen molar-refractivity contribution in [2.24, 2.45) is 11.8 Å². The summed E-state index contributed by atoms with van der Waals surface area (Å²) >= 11 is 0. The quantitative estimate of drug-likeness (QED) is 0.469. The van der Waals surface area contributed by atoms with E-state index in [1.165, 1.54) is 6.92 Å². The third-order valence-corrected chi connectivity index (χ3v) is 3.18. The highest BCUT2D eigenvalue weighted by Gasteiger charge is 2.05. The molecule has 0 saturated carbocycles. The first-order chi connectivity index (χ1) is 9.23. The highest BCUT2D eigenvalue weighted by Crippen LogP contribution is 2.18. The SMILES string of the molecule is CC(=C\C(=O)[O-])/C(=C\C[C@@H](C)CCCC(C)C)C(=O)[O-]. The number of rotatable bonds is 9. The van der Waals surface area contributed by atoms with E-state index in [0.29, 0.717) is 18.3 Å². The number of carbonyl (C=O) groups is 2. The molecule has 0 spiro atoms. The summed E-state index contributed by atoms with van der Waals surface area (Å²) in [5.41, 5.74) is 0.0873. The van der Waals surface area contributed by atoms with Crippen LogP contribution >= 0.6 is 0 Å². The lowest BCUT2D eigenvalue weighted by Crippen LogP contribution is -2.26. The summed E-state index contributed by atoms with van der Waals surface area (Å²) in [6.07, 6.45) is 6.22. The van der Waals surface area contributed by atoms with E-state index in [2.05, 4.69) is 20.8 Å². The van der Waals surface area contributed by atoms with Crippen LogP contribution in [-0.4, -0.2) is 11.9 Å². The van der Waals surface area contributed by atoms with Gasteiger partial charge < -0.3 is 19.8 Å². The van der Waals surface area contributed by atoms with Gasteiger partial charge in [-0.3, -0.25) is 0 Å². The largest absolute Gasteiger partial charge is 0.545 e. The van der Waals surface area contributed by atoms with E-state index in [-0.39, 0.29) is 11.1 Å². The molecule has 0 aromatic heterocycles. The number of hydrogen-bond donors (Lipinski definition) is 0. The van der Waals surface area contributed by atoms with Gasteiger partial charge in [0, 0.05) is 0 Å². The van der Waals surface area contributed by atoms with E-state index in [4.69, 9.17) is 0 Å². The van der Waals surface area contributed by atoms with Crippen LogP contribution in [0.15, 0.2) is 23.3 Å². The van der Waals surface area contributed by atoms with Crippen molar-refractivity contribution in [3.63, 3.8) is 0 Å². The fourth-order valence-electron chi connectivity index (χ4n) is 1.97. The second-order valence-electron chi connectivity index (χ2n) is 5.72. The van der Waals surface area contributed by atoms with Crippen molar-refractivity contribution >= 4 is 11.9 Å². The molecule has 0 bridgehead atoms. The van der Waals surface area contributed by atoms with Crippen LogP contribution in [0, 0.1) is 11.8 Å². The fourth-order valence-corrected chi connectivity index (χ4v) is 1.97. The second kappa shape index (κ2) is 9.34. The maximum absolute atomic E-state index is 11.0. The molecule has 0 aromatic carbocycles. The normalized spacial score (nSPS) is 14.4. The molecule has 0 rings (SSSR count). The minimum atomic E-state index is -1.40. The number of carboxylic acids is 2. The number of carboxylic acid groups (broad SMARTS) is 2. The maximum atomic E-state index is 11.0. The molecule has 4 nitrogen and oxygen atoms in total. The highest BCUT2D eigenvalue weighted by molar-refractivity contribution is 5.92. The summed E-state index contributed by atoms with van der Waals surface area (Å²) in [6.45, 7) is 7.84. The van der Waals surface area contributed by atoms with E-state index in [9.17, 15) is 19.8 Å². The Bertz CT molecular complexity index is 391. The van der Waals surface area contributed by atoms with Gasteiger partial charge in [-0.1, -0.05) is 46.1 Å². The van der Waals surface area contributed by atoms with Gasteiger partial charge in [-0.2, -0.15) is 0 Å². The Morgan fingerprint density at radius 1 is 1.10 bits per heavy atom. The van der Waals surface area contributed by atoms with Gasteiger partial charge in [-0.05, 0) is 42.4 Å². The van der Waals surface area contributed by atoms with Crippen molar-refractivity contribution in [1.82, 2.24) is 0 Å². The van der Waals surface area contributed by atoms with E-state index in [1.807, 2.05) is 0 Å². The lowest BCUT2D eigenvalue weighted by Gasteiger charge is -2.13. The predicted octanol–water partition coefficient (Wildman–Crippen LogP) is 1.21. The molecule has 1 atom stereocenters. The van der Waals surface area contributed by atoms with E-state index >= 15 is 0 Å². The highest BCUT2D eigenvalue weighted by atomic mass is 16.4. The van der Waals surface area contributed by atoms with Gasteiger partial charge in [0.1, 0.15) is 0 Å². The third-order valence-electron chi connectivity index (χ3n) is 3.18. The standard InChI is InChI=1S/C16H26O4/c1-11(2)6-5-7-12(3)8-9-14(16(19)20)13(4)10-15(17)18/h9-12H,5-8H2,1-4H3,(H,17,18)(H,19,20)/p-2/b13-10+,14-9+/t12-/m0/s1. The van der Waals surface area contributed by atoms with Crippen molar-refractivity contribution in [1.29, 1.82) is 0 Å². The van der Waals surface area contributed by atoms with Crippen LogP contribution < -0.4 is 10.2 Å². The lowest BCUT2D eigenvalue weighted by molar-refractivity contribution is -0.299. The summed E-state index contributed by atoms with van der Waals surface area (Å²) in [5.74, 6) is -1.72. The molecule has 114 valence electrons. The number of carbonyl (C=O) groups excluding carboxylic acids is 2. The molecule has 20 heavy (non-hydrogen) atoms. The number of allylic oxidation sites excluding steroid dienone is 1. The van der Waals surface area contributed by atoms with Gasteiger partial charge >= 0.3 is 0 Å². The van der Waals surface area contributed by atoms with Crippen LogP contribution in [0.3, 0.4) is 0 Å². The van der Waals surface area contributed by atoms with Crippen molar-refractivity contribution < 1.29 is 19.8 Å². The molecular weight excluding hydrogens is 256 g/mol. The van der Waals surface area contributed by atoms with E-state index in [1.54, 1.807) is 6.08 Å². The molecular formula is C16H24O4-2. The Hall–Kier alpha value is -1.58. The second-order valence-corrected chi connectivity index (χ2v) is 5.72. The van der Waals surface area contributed by atoms with Gasteiger partial charge in [0.25, 0.3) is 0 Å². The zero-order chi connectivity index (χ0) is 15.7. The Morgan fingerprint density at radius 3 is 2.15 bits per heavy atom. The smallest absolute Gasteiger partial charge is 0.0714 e. The number of hydrogen-bond acceptors (Lipinski definition) is 4. The minimum absolute atomic E-state index is 0.0649. The van der Waals surface area contributed by atoms with Crippen LogP contribution in [0.4, 0.5) is 0 Å². The van der Waals surface area contributed by atoms with Crippen LogP contribution in [0.1, 0.15) is 53.4 Å². The van der Waals surface area contributed by atoms with Crippen LogP contribution in [0.25, 0.3) is 0 Å². The van der Waals surface area contributed by atoms with Gasteiger partial charge in [-0.25, -0.2) is 0 Å². The van der Waals surface area contributed by atoms with Crippen molar-refractivity contribution in [3.05, 3.63) is 23.3 Å². The molecule has 0 aromatic rings. The number of aliphatic carboxylic acids is 2. The molecule has 0 aliphatic heterocycles. The minimum Gasteiger partial charge on any atom is -0.545 e. The topological polar surface area (TPSA) is 80.3 Å². The molecule has 0 radical (unpaired) electrons. The van der Waals surface area contributed by atoms with Crippen LogP contribution in [-0.2, 0) is 9.59 Å².